The van der Waals surface area contributed by atoms with Gasteiger partial charge in [-0.05, 0) is 61.7 Å². The van der Waals surface area contributed by atoms with Crippen molar-refractivity contribution in [2.45, 2.75) is 32.5 Å². The van der Waals surface area contributed by atoms with E-state index in [1.165, 1.54) is 0 Å². The summed E-state index contributed by atoms with van der Waals surface area (Å²) in [5, 5.41) is 4.02. The average Bonchev–Trinajstić information content (AvgIpc) is 2.78. The van der Waals surface area contributed by atoms with E-state index in [2.05, 4.69) is 43.9 Å². The molecule has 0 saturated carbocycles. The highest BCUT2D eigenvalue weighted by Crippen LogP contribution is 2.31. The van der Waals surface area contributed by atoms with Crippen LogP contribution in [-0.4, -0.2) is 58.6 Å². The first kappa shape index (κ1) is 24.3. The standard InChI is InChI=1S/C23H27ClF3N7/c1-14(2)33-5-7-34(8-6-33)20-12-18-19(13-30-20)31-22(24)32-21(18)29-4-3-15-9-16(23(25,26)27)11-17(28)10-15/h9-14H,3-8,28H2,1-2H3,(H,29,31,32). The van der Waals surface area contributed by atoms with Crippen molar-refractivity contribution in [3.63, 3.8) is 0 Å². The third kappa shape index (κ3) is 5.61. The average molecular weight is 494 g/mol. The molecule has 0 radical (unpaired) electrons. The van der Waals surface area contributed by atoms with Crippen LogP contribution in [0.25, 0.3) is 10.9 Å². The first-order valence-electron chi connectivity index (χ1n) is 11.1. The van der Waals surface area contributed by atoms with Crippen LogP contribution in [0.3, 0.4) is 0 Å². The van der Waals surface area contributed by atoms with Crippen LogP contribution in [0, 0.1) is 0 Å². The van der Waals surface area contributed by atoms with E-state index in [1.54, 1.807) is 12.3 Å². The Balaban J connectivity index is 1.51. The summed E-state index contributed by atoms with van der Waals surface area (Å²) in [4.78, 5) is 17.8. The van der Waals surface area contributed by atoms with Gasteiger partial charge >= 0.3 is 6.18 Å². The molecule has 1 fully saturated rings. The number of benzene rings is 1. The minimum absolute atomic E-state index is 0.0680. The molecule has 1 aliphatic heterocycles. The van der Waals surface area contributed by atoms with Gasteiger partial charge in [0.05, 0.1) is 17.3 Å². The summed E-state index contributed by atoms with van der Waals surface area (Å²) < 4.78 is 39.3. The lowest BCUT2D eigenvalue weighted by Gasteiger charge is -2.37. The largest absolute Gasteiger partial charge is 0.416 e. The van der Waals surface area contributed by atoms with Gasteiger partial charge in [0.1, 0.15) is 11.6 Å². The van der Waals surface area contributed by atoms with E-state index in [0.717, 1.165) is 49.5 Å². The Hall–Kier alpha value is -2.85. The van der Waals surface area contributed by atoms with E-state index >= 15 is 0 Å². The number of hydrogen-bond donors (Lipinski definition) is 2. The van der Waals surface area contributed by atoms with E-state index in [9.17, 15) is 13.2 Å². The lowest BCUT2D eigenvalue weighted by Crippen LogP contribution is -2.49. The molecular formula is C23H27ClF3N7. The molecule has 0 bridgehead atoms. The van der Waals surface area contributed by atoms with Crippen LogP contribution in [0.15, 0.2) is 30.5 Å². The first-order chi connectivity index (χ1) is 16.1. The van der Waals surface area contributed by atoms with E-state index in [1.807, 2.05) is 6.07 Å². The van der Waals surface area contributed by atoms with E-state index in [4.69, 9.17) is 17.3 Å². The van der Waals surface area contributed by atoms with Gasteiger partial charge in [-0.15, -0.1) is 0 Å². The van der Waals surface area contributed by atoms with Crippen LogP contribution in [0.1, 0.15) is 25.0 Å². The topological polar surface area (TPSA) is 83.2 Å². The molecule has 1 aliphatic rings. The number of nitrogens with one attached hydrogen (secondary N) is 1. The fourth-order valence-corrected chi connectivity index (χ4v) is 4.30. The normalized spacial score (nSPS) is 15.3. The molecule has 11 heteroatoms. The van der Waals surface area contributed by atoms with Gasteiger partial charge in [-0.1, -0.05) is 0 Å². The van der Waals surface area contributed by atoms with Crippen molar-refractivity contribution < 1.29 is 13.2 Å². The Morgan fingerprint density at radius 1 is 1.09 bits per heavy atom. The molecule has 0 atom stereocenters. The second kappa shape index (κ2) is 9.79. The minimum Gasteiger partial charge on any atom is -0.399 e. The molecular weight excluding hydrogens is 467 g/mol. The number of rotatable bonds is 6. The van der Waals surface area contributed by atoms with Crippen LogP contribution >= 0.6 is 11.6 Å². The van der Waals surface area contributed by atoms with Crippen molar-refractivity contribution in [2.24, 2.45) is 0 Å². The molecule has 0 amide bonds. The number of hydrogen-bond acceptors (Lipinski definition) is 7. The van der Waals surface area contributed by atoms with Crippen molar-refractivity contribution in [1.82, 2.24) is 19.9 Å². The maximum atomic E-state index is 13.1. The lowest BCUT2D eigenvalue weighted by molar-refractivity contribution is -0.137. The van der Waals surface area contributed by atoms with Crippen molar-refractivity contribution >= 4 is 39.8 Å². The van der Waals surface area contributed by atoms with Gasteiger partial charge in [-0.25, -0.2) is 15.0 Å². The summed E-state index contributed by atoms with van der Waals surface area (Å²) in [6.07, 6.45) is -2.45. The van der Waals surface area contributed by atoms with E-state index in [-0.39, 0.29) is 11.0 Å². The number of anilines is 3. The number of alkyl halides is 3. The Bertz CT molecular complexity index is 1160. The second-order valence-electron chi connectivity index (χ2n) is 8.66. The Labute approximate surface area is 201 Å². The van der Waals surface area contributed by atoms with E-state index < -0.39 is 11.7 Å². The molecule has 182 valence electrons. The molecule has 1 saturated heterocycles. The highest BCUT2D eigenvalue weighted by molar-refractivity contribution is 6.28. The summed E-state index contributed by atoms with van der Waals surface area (Å²) in [7, 11) is 0. The number of piperazine rings is 1. The number of nitrogens with two attached hydrogens (primary N) is 1. The summed E-state index contributed by atoms with van der Waals surface area (Å²) in [6, 6.07) is 6.03. The summed E-state index contributed by atoms with van der Waals surface area (Å²) in [5.41, 5.74) is 6.07. The molecule has 3 N–H and O–H groups in total. The summed E-state index contributed by atoms with van der Waals surface area (Å²) in [5.74, 6) is 1.34. The van der Waals surface area contributed by atoms with Crippen LogP contribution in [0.4, 0.5) is 30.5 Å². The van der Waals surface area contributed by atoms with Gasteiger partial charge in [0.15, 0.2) is 0 Å². The Kier molecular flexibility index (Phi) is 6.99. The predicted octanol–water partition coefficient (Wildman–Crippen LogP) is 4.46. The maximum absolute atomic E-state index is 13.1. The Morgan fingerprint density at radius 2 is 1.82 bits per heavy atom. The molecule has 3 heterocycles. The fourth-order valence-electron chi connectivity index (χ4n) is 4.12. The molecule has 0 spiro atoms. The van der Waals surface area contributed by atoms with Crippen LogP contribution in [-0.2, 0) is 12.6 Å². The number of fused-ring (bicyclic) bond motifs is 1. The first-order valence-corrected chi connectivity index (χ1v) is 11.5. The van der Waals surface area contributed by atoms with Crippen molar-refractivity contribution in [2.75, 3.05) is 48.7 Å². The van der Waals surface area contributed by atoms with Crippen molar-refractivity contribution in [1.29, 1.82) is 0 Å². The van der Waals surface area contributed by atoms with Gasteiger partial charge in [-0.2, -0.15) is 13.2 Å². The van der Waals surface area contributed by atoms with Crippen LogP contribution in [0.5, 0.6) is 0 Å². The van der Waals surface area contributed by atoms with Gasteiger partial charge in [0.25, 0.3) is 0 Å². The van der Waals surface area contributed by atoms with Crippen molar-refractivity contribution in [3.8, 4) is 0 Å². The predicted molar refractivity (Wildman–Crippen MR) is 129 cm³/mol. The maximum Gasteiger partial charge on any atom is 0.416 e. The fraction of sp³-hybridized carbons (Fsp3) is 0.435. The molecule has 4 rings (SSSR count). The Morgan fingerprint density at radius 3 is 2.50 bits per heavy atom. The third-order valence-electron chi connectivity index (χ3n) is 5.96. The zero-order valence-corrected chi connectivity index (χ0v) is 19.8. The van der Waals surface area contributed by atoms with Crippen LogP contribution < -0.4 is 16.0 Å². The monoisotopic (exact) mass is 493 g/mol. The molecule has 2 aromatic heterocycles. The lowest BCUT2D eigenvalue weighted by atomic mass is 10.1. The minimum atomic E-state index is -4.45. The van der Waals surface area contributed by atoms with Gasteiger partial charge in [0.2, 0.25) is 5.28 Å². The molecule has 0 aliphatic carbocycles. The summed E-state index contributed by atoms with van der Waals surface area (Å²) in [6.45, 7) is 8.37. The third-order valence-corrected chi connectivity index (χ3v) is 6.13. The number of aromatic nitrogens is 3. The number of nitrogens with zero attached hydrogens (tertiary/aromatic N) is 5. The highest BCUT2D eigenvalue weighted by Gasteiger charge is 2.31. The SMILES string of the molecule is CC(C)N1CCN(c2cc3c(NCCc4cc(N)cc(C(F)(F)F)c4)nc(Cl)nc3cn2)CC1. The van der Waals surface area contributed by atoms with Gasteiger partial charge in [0, 0.05) is 49.8 Å². The zero-order chi connectivity index (χ0) is 24.5. The summed E-state index contributed by atoms with van der Waals surface area (Å²) >= 11 is 6.10. The van der Waals surface area contributed by atoms with E-state index in [0.29, 0.717) is 35.9 Å². The number of pyridine rings is 1. The molecule has 7 nitrogen and oxygen atoms in total. The quantitative estimate of drug-likeness (QED) is 0.387. The number of halogens is 4. The smallest absolute Gasteiger partial charge is 0.399 e. The number of nitrogen functional groups attached to an aromatic ring is 1. The molecule has 1 aromatic carbocycles. The van der Waals surface area contributed by atoms with Gasteiger partial charge in [-0.3, -0.25) is 4.90 Å². The van der Waals surface area contributed by atoms with Crippen molar-refractivity contribution in [3.05, 3.63) is 46.9 Å². The molecule has 3 aromatic rings. The zero-order valence-electron chi connectivity index (χ0n) is 19.0. The molecule has 34 heavy (non-hydrogen) atoms. The van der Waals surface area contributed by atoms with Gasteiger partial charge < -0.3 is 16.0 Å². The molecule has 0 unspecified atom stereocenters. The highest BCUT2D eigenvalue weighted by atomic mass is 35.5. The second-order valence-corrected chi connectivity index (χ2v) is 8.99. The van der Waals surface area contributed by atoms with Crippen LogP contribution in [0.2, 0.25) is 5.28 Å².